The van der Waals surface area contributed by atoms with E-state index in [1.807, 2.05) is 0 Å². The van der Waals surface area contributed by atoms with Crippen LogP contribution in [0.2, 0.25) is 0 Å². The van der Waals surface area contributed by atoms with Crippen molar-refractivity contribution in [1.82, 2.24) is 10.2 Å². The molecule has 16 heavy (non-hydrogen) atoms. The van der Waals surface area contributed by atoms with Crippen molar-refractivity contribution in [3.05, 3.63) is 0 Å². The third-order valence-electron chi connectivity index (χ3n) is 3.54. The molecule has 0 aromatic rings. The molecule has 1 N–H and O–H groups in total. The molecule has 0 saturated heterocycles. The van der Waals surface area contributed by atoms with Crippen molar-refractivity contribution in [3.8, 4) is 0 Å². The lowest BCUT2D eigenvalue weighted by Gasteiger charge is -2.31. The zero-order valence-electron chi connectivity index (χ0n) is 11.7. The van der Waals surface area contributed by atoms with Gasteiger partial charge in [-0.15, -0.1) is 0 Å². The smallest absolute Gasteiger partial charge is 0.00965 e. The van der Waals surface area contributed by atoms with Gasteiger partial charge in [-0.2, -0.15) is 0 Å². The maximum Gasteiger partial charge on any atom is 0.00965 e. The number of nitrogens with one attached hydrogen (secondary N) is 1. The molecule has 1 rings (SSSR count). The van der Waals surface area contributed by atoms with E-state index in [1.54, 1.807) is 0 Å². The van der Waals surface area contributed by atoms with Gasteiger partial charge in [0.25, 0.3) is 0 Å². The summed E-state index contributed by atoms with van der Waals surface area (Å²) < 4.78 is 0. The monoisotopic (exact) mass is 226 g/mol. The number of hydrogen-bond acceptors (Lipinski definition) is 2. The average Bonchev–Trinajstić information content (AvgIpc) is 2.24. The van der Waals surface area contributed by atoms with E-state index in [0.29, 0.717) is 0 Å². The Balaban J connectivity index is 2.07. The van der Waals surface area contributed by atoms with Crippen LogP contribution >= 0.6 is 0 Å². The van der Waals surface area contributed by atoms with E-state index in [9.17, 15) is 0 Å². The molecule has 2 nitrogen and oxygen atoms in total. The van der Waals surface area contributed by atoms with Crippen LogP contribution in [-0.2, 0) is 0 Å². The highest BCUT2D eigenvalue weighted by atomic mass is 15.1. The fraction of sp³-hybridized carbons (Fsp3) is 1.00. The van der Waals surface area contributed by atoms with Crippen molar-refractivity contribution in [2.24, 2.45) is 0 Å². The second kappa shape index (κ2) is 6.61. The van der Waals surface area contributed by atoms with Gasteiger partial charge in [0.15, 0.2) is 0 Å². The van der Waals surface area contributed by atoms with Gasteiger partial charge < -0.3 is 10.2 Å². The molecule has 0 amide bonds. The standard InChI is InChI=1S/C14H30N2/c1-14(2,3)15-11-8-12-16(4)13-9-6-5-7-10-13/h13,15H,5-12H2,1-4H3. The van der Waals surface area contributed by atoms with Crippen molar-refractivity contribution < 1.29 is 0 Å². The zero-order chi connectivity index (χ0) is 12.0. The summed E-state index contributed by atoms with van der Waals surface area (Å²) in [6.07, 6.45) is 8.44. The lowest BCUT2D eigenvalue weighted by atomic mass is 9.94. The summed E-state index contributed by atoms with van der Waals surface area (Å²) in [5, 5.41) is 3.55. The minimum atomic E-state index is 0.267. The Labute approximate surface area is 102 Å². The van der Waals surface area contributed by atoms with Gasteiger partial charge >= 0.3 is 0 Å². The van der Waals surface area contributed by atoms with E-state index < -0.39 is 0 Å². The largest absolute Gasteiger partial charge is 0.312 e. The van der Waals surface area contributed by atoms with Crippen molar-refractivity contribution in [1.29, 1.82) is 0 Å². The van der Waals surface area contributed by atoms with Crippen LogP contribution in [0.5, 0.6) is 0 Å². The highest BCUT2D eigenvalue weighted by molar-refractivity contribution is 4.74. The lowest BCUT2D eigenvalue weighted by molar-refractivity contribution is 0.188. The van der Waals surface area contributed by atoms with Gasteiger partial charge in [-0.25, -0.2) is 0 Å². The Kier molecular flexibility index (Phi) is 5.77. The van der Waals surface area contributed by atoms with E-state index in [-0.39, 0.29) is 5.54 Å². The Morgan fingerprint density at radius 2 is 1.75 bits per heavy atom. The summed E-state index contributed by atoms with van der Waals surface area (Å²) in [5.74, 6) is 0. The van der Waals surface area contributed by atoms with Crippen molar-refractivity contribution in [2.45, 2.75) is 70.9 Å². The molecule has 0 spiro atoms. The summed E-state index contributed by atoms with van der Waals surface area (Å²) in [5.41, 5.74) is 0.267. The summed E-state index contributed by atoms with van der Waals surface area (Å²) in [7, 11) is 2.30. The third-order valence-corrected chi connectivity index (χ3v) is 3.54. The first-order valence-corrected chi connectivity index (χ1v) is 6.94. The molecule has 0 aromatic carbocycles. The van der Waals surface area contributed by atoms with Crippen LogP contribution < -0.4 is 5.32 Å². The van der Waals surface area contributed by atoms with Gasteiger partial charge in [0.1, 0.15) is 0 Å². The van der Waals surface area contributed by atoms with Crippen LogP contribution in [0.25, 0.3) is 0 Å². The molecule has 0 aromatic heterocycles. The fourth-order valence-electron chi connectivity index (χ4n) is 2.50. The molecular weight excluding hydrogens is 196 g/mol. The molecule has 0 atom stereocenters. The first-order valence-electron chi connectivity index (χ1n) is 6.94. The minimum absolute atomic E-state index is 0.267. The normalized spacial score (nSPS) is 19.3. The van der Waals surface area contributed by atoms with Gasteiger partial charge in [-0.05, 0) is 60.2 Å². The quantitative estimate of drug-likeness (QED) is 0.725. The molecule has 1 aliphatic carbocycles. The molecule has 0 heterocycles. The van der Waals surface area contributed by atoms with Crippen LogP contribution in [0.4, 0.5) is 0 Å². The van der Waals surface area contributed by atoms with E-state index in [4.69, 9.17) is 0 Å². The minimum Gasteiger partial charge on any atom is -0.312 e. The molecule has 0 bridgehead atoms. The Morgan fingerprint density at radius 1 is 1.12 bits per heavy atom. The number of hydrogen-bond donors (Lipinski definition) is 1. The highest BCUT2D eigenvalue weighted by Gasteiger charge is 2.17. The van der Waals surface area contributed by atoms with E-state index >= 15 is 0 Å². The molecular formula is C14H30N2. The van der Waals surface area contributed by atoms with Gasteiger partial charge in [0.2, 0.25) is 0 Å². The fourth-order valence-corrected chi connectivity index (χ4v) is 2.50. The average molecular weight is 226 g/mol. The topological polar surface area (TPSA) is 15.3 Å². The highest BCUT2D eigenvalue weighted by Crippen LogP contribution is 2.21. The third kappa shape index (κ3) is 5.86. The Hall–Kier alpha value is -0.0800. The second-order valence-electron chi connectivity index (χ2n) is 6.30. The zero-order valence-corrected chi connectivity index (χ0v) is 11.7. The van der Waals surface area contributed by atoms with Gasteiger partial charge in [0, 0.05) is 11.6 Å². The first-order chi connectivity index (χ1) is 7.49. The molecule has 1 fully saturated rings. The SMILES string of the molecule is CN(CCCNC(C)(C)C)C1CCCCC1. The van der Waals surface area contributed by atoms with E-state index in [1.165, 1.54) is 45.1 Å². The number of rotatable bonds is 5. The summed E-state index contributed by atoms with van der Waals surface area (Å²) >= 11 is 0. The molecule has 1 aliphatic rings. The second-order valence-corrected chi connectivity index (χ2v) is 6.30. The Bertz CT molecular complexity index is 178. The van der Waals surface area contributed by atoms with Crippen LogP contribution in [0.3, 0.4) is 0 Å². The predicted octanol–water partition coefficient (Wildman–Crippen LogP) is 3.03. The maximum absolute atomic E-state index is 3.55. The summed E-state index contributed by atoms with van der Waals surface area (Å²) in [4.78, 5) is 2.57. The van der Waals surface area contributed by atoms with Crippen LogP contribution in [-0.4, -0.2) is 36.6 Å². The van der Waals surface area contributed by atoms with Crippen LogP contribution in [0.1, 0.15) is 59.3 Å². The lowest BCUT2D eigenvalue weighted by Crippen LogP contribution is -2.39. The van der Waals surface area contributed by atoms with E-state index in [2.05, 4.69) is 38.0 Å². The van der Waals surface area contributed by atoms with Crippen molar-refractivity contribution >= 4 is 0 Å². The molecule has 96 valence electrons. The molecule has 0 radical (unpaired) electrons. The first kappa shape index (κ1) is 14.0. The molecule has 0 unspecified atom stereocenters. The summed E-state index contributed by atoms with van der Waals surface area (Å²) in [6, 6.07) is 0.864. The molecule has 1 saturated carbocycles. The summed E-state index contributed by atoms with van der Waals surface area (Å²) in [6.45, 7) is 9.09. The van der Waals surface area contributed by atoms with Gasteiger partial charge in [0.05, 0.1) is 0 Å². The van der Waals surface area contributed by atoms with Crippen molar-refractivity contribution in [3.63, 3.8) is 0 Å². The molecule has 2 heteroatoms. The van der Waals surface area contributed by atoms with Crippen LogP contribution in [0.15, 0.2) is 0 Å². The van der Waals surface area contributed by atoms with Gasteiger partial charge in [-0.1, -0.05) is 19.3 Å². The Morgan fingerprint density at radius 3 is 2.31 bits per heavy atom. The van der Waals surface area contributed by atoms with Crippen molar-refractivity contribution in [2.75, 3.05) is 20.1 Å². The predicted molar refractivity (Wildman–Crippen MR) is 71.9 cm³/mol. The number of nitrogens with zero attached hydrogens (tertiary/aromatic N) is 1. The van der Waals surface area contributed by atoms with Crippen LogP contribution in [0, 0.1) is 0 Å². The molecule has 0 aliphatic heterocycles. The van der Waals surface area contributed by atoms with Gasteiger partial charge in [-0.3, -0.25) is 0 Å². The maximum atomic E-state index is 3.55. The van der Waals surface area contributed by atoms with E-state index in [0.717, 1.165) is 12.6 Å².